The summed E-state index contributed by atoms with van der Waals surface area (Å²) in [6.07, 6.45) is 5.35. The third kappa shape index (κ3) is 4.05. The van der Waals surface area contributed by atoms with Crippen LogP contribution in [0.2, 0.25) is 0 Å². The maximum absolute atomic E-state index is 12.3. The summed E-state index contributed by atoms with van der Waals surface area (Å²) in [5.74, 6) is -0.0997. The molecule has 128 valence electrons. The second-order valence-electron chi connectivity index (χ2n) is 6.74. The zero-order chi connectivity index (χ0) is 16.9. The van der Waals surface area contributed by atoms with Crippen molar-refractivity contribution in [2.24, 2.45) is 0 Å². The Morgan fingerprint density at radius 2 is 1.96 bits per heavy atom. The Morgan fingerprint density at radius 3 is 2.67 bits per heavy atom. The van der Waals surface area contributed by atoms with Crippen LogP contribution in [0.15, 0.2) is 36.4 Å². The Labute approximate surface area is 143 Å². The molecule has 1 aliphatic carbocycles. The summed E-state index contributed by atoms with van der Waals surface area (Å²) >= 11 is 0. The third-order valence-corrected chi connectivity index (χ3v) is 4.77. The van der Waals surface area contributed by atoms with Gasteiger partial charge in [-0.15, -0.1) is 0 Å². The molecule has 24 heavy (non-hydrogen) atoms. The van der Waals surface area contributed by atoms with Crippen LogP contribution in [0.25, 0.3) is 0 Å². The van der Waals surface area contributed by atoms with Crippen molar-refractivity contribution in [3.05, 3.63) is 53.3 Å². The lowest BCUT2D eigenvalue weighted by molar-refractivity contribution is -0.153. The van der Waals surface area contributed by atoms with E-state index in [4.69, 9.17) is 4.74 Å². The fourth-order valence-corrected chi connectivity index (χ4v) is 3.60. The van der Waals surface area contributed by atoms with Crippen molar-refractivity contribution in [2.75, 3.05) is 0 Å². The third-order valence-electron chi connectivity index (χ3n) is 4.77. The average Bonchev–Trinajstić information content (AvgIpc) is 2.93. The lowest BCUT2D eigenvalue weighted by Crippen LogP contribution is -2.33. The van der Waals surface area contributed by atoms with Crippen LogP contribution in [0.5, 0.6) is 0 Å². The monoisotopic (exact) mass is 326 g/mol. The molecule has 2 aromatic rings. The number of aromatic nitrogens is 2. The summed E-state index contributed by atoms with van der Waals surface area (Å²) in [5, 5.41) is 4.61. The van der Waals surface area contributed by atoms with Crippen molar-refractivity contribution in [1.29, 1.82) is 0 Å². The fraction of sp³-hybridized carbons (Fsp3) is 0.500. The zero-order valence-corrected chi connectivity index (χ0v) is 14.6. The van der Waals surface area contributed by atoms with E-state index in [2.05, 4.69) is 22.8 Å². The van der Waals surface area contributed by atoms with Crippen molar-refractivity contribution in [2.45, 2.75) is 64.5 Å². The molecule has 1 aliphatic rings. The summed E-state index contributed by atoms with van der Waals surface area (Å²) in [7, 11) is 0. The van der Waals surface area contributed by atoms with Crippen LogP contribution in [0.4, 0.5) is 0 Å². The molecule has 1 saturated carbocycles. The first-order valence-corrected chi connectivity index (χ1v) is 8.89. The number of esters is 1. The van der Waals surface area contributed by atoms with Gasteiger partial charge < -0.3 is 4.74 Å². The number of hydrogen-bond acceptors (Lipinski definition) is 3. The van der Waals surface area contributed by atoms with E-state index in [1.165, 1.54) is 12.0 Å². The number of carbonyl (C=O) groups excluding carboxylic acids is 1. The lowest BCUT2D eigenvalue weighted by Gasteiger charge is -2.32. The molecule has 1 fully saturated rings. The second-order valence-corrected chi connectivity index (χ2v) is 6.74. The van der Waals surface area contributed by atoms with Crippen molar-refractivity contribution in [3.8, 4) is 0 Å². The molecule has 0 bridgehead atoms. The fourth-order valence-electron chi connectivity index (χ4n) is 3.60. The molecule has 4 heteroatoms. The highest BCUT2D eigenvalue weighted by atomic mass is 16.5. The van der Waals surface area contributed by atoms with Crippen molar-refractivity contribution in [3.63, 3.8) is 0 Å². The molecule has 0 radical (unpaired) electrons. The van der Waals surface area contributed by atoms with E-state index in [0.717, 1.165) is 37.1 Å². The first-order chi connectivity index (χ1) is 11.6. The van der Waals surface area contributed by atoms with E-state index >= 15 is 0 Å². The van der Waals surface area contributed by atoms with Crippen LogP contribution in [-0.2, 0) is 16.0 Å². The van der Waals surface area contributed by atoms with E-state index in [0.29, 0.717) is 6.42 Å². The number of nitrogens with zero attached hydrogens (tertiary/aromatic N) is 2. The molecular weight excluding hydrogens is 300 g/mol. The highest BCUT2D eigenvalue weighted by Gasteiger charge is 2.31. The van der Waals surface area contributed by atoms with Crippen molar-refractivity contribution >= 4 is 5.97 Å². The maximum atomic E-state index is 12.3. The average molecular weight is 326 g/mol. The van der Waals surface area contributed by atoms with Gasteiger partial charge in [-0.25, -0.2) is 0 Å². The normalized spacial score (nSPS) is 20.8. The number of aryl methyl sites for hydroxylation is 3. The van der Waals surface area contributed by atoms with E-state index in [1.54, 1.807) is 0 Å². The van der Waals surface area contributed by atoms with Crippen LogP contribution >= 0.6 is 0 Å². The van der Waals surface area contributed by atoms with Gasteiger partial charge in [0.2, 0.25) is 0 Å². The van der Waals surface area contributed by atoms with Crippen LogP contribution in [0.1, 0.15) is 55.1 Å². The number of hydrogen-bond donors (Lipinski definition) is 0. The SMILES string of the molecule is Cc1cc(C)n(C2CCCCC2OC(=O)CCc2ccccc2)n1. The summed E-state index contributed by atoms with van der Waals surface area (Å²) in [6, 6.07) is 12.3. The van der Waals surface area contributed by atoms with Crippen LogP contribution < -0.4 is 0 Å². The molecule has 2 unspecified atom stereocenters. The van der Waals surface area contributed by atoms with Gasteiger partial charge in [-0.05, 0) is 51.2 Å². The molecule has 0 saturated heterocycles. The molecule has 1 heterocycles. The minimum absolute atomic E-state index is 0.0555. The summed E-state index contributed by atoms with van der Waals surface area (Å²) in [5.41, 5.74) is 3.34. The standard InChI is InChI=1S/C20H26N2O2/c1-15-14-16(2)22(21-15)18-10-6-7-11-19(18)24-20(23)13-12-17-8-4-3-5-9-17/h3-5,8-9,14,18-19H,6-7,10-13H2,1-2H3. The first-order valence-electron chi connectivity index (χ1n) is 8.89. The Kier molecular flexibility index (Phi) is 5.34. The van der Waals surface area contributed by atoms with Gasteiger partial charge in [0.25, 0.3) is 0 Å². The minimum Gasteiger partial charge on any atom is -0.460 e. The number of carbonyl (C=O) groups is 1. The molecule has 1 aromatic carbocycles. The molecule has 0 spiro atoms. The largest absolute Gasteiger partial charge is 0.460 e. The highest BCUT2D eigenvalue weighted by Crippen LogP contribution is 2.32. The van der Waals surface area contributed by atoms with Gasteiger partial charge >= 0.3 is 5.97 Å². The van der Waals surface area contributed by atoms with Gasteiger partial charge in [0.15, 0.2) is 0 Å². The summed E-state index contributed by atoms with van der Waals surface area (Å²) in [6.45, 7) is 4.08. The lowest BCUT2D eigenvalue weighted by atomic mass is 9.92. The molecule has 3 rings (SSSR count). The quantitative estimate of drug-likeness (QED) is 0.775. The maximum Gasteiger partial charge on any atom is 0.306 e. The van der Waals surface area contributed by atoms with E-state index in [9.17, 15) is 4.79 Å². The van der Waals surface area contributed by atoms with Crippen molar-refractivity contribution in [1.82, 2.24) is 9.78 Å². The van der Waals surface area contributed by atoms with Gasteiger partial charge in [-0.3, -0.25) is 9.48 Å². The Morgan fingerprint density at radius 1 is 1.21 bits per heavy atom. The first kappa shape index (κ1) is 16.7. The van der Waals surface area contributed by atoms with Gasteiger partial charge in [0.1, 0.15) is 6.10 Å². The van der Waals surface area contributed by atoms with Gasteiger partial charge in [-0.2, -0.15) is 5.10 Å². The predicted octanol–water partition coefficient (Wildman–Crippen LogP) is 4.16. The Hall–Kier alpha value is -2.10. The van der Waals surface area contributed by atoms with Crippen molar-refractivity contribution < 1.29 is 9.53 Å². The molecule has 0 aliphatic heterocycles. The second kappa shape index (κ2) is 7.65. The zero-order valence-electron chi connectivity index (χ0n) is 14.6. The summed E-state index contributed by atoms with van der Waals surface area (Å²) < 4.78 is 7.90. The molecular formula is C20H26N2O2. The van der Waals surface area contributed by atoms with Gasteiger partial charge in [0, 0.05) is 12.1 Å². The number of benzene rings is 1. The van der Waals surface area contributed by atoms with E-state index in [-0.39, 0.29) is 18.1 Å². The smallest absolute Gasteiger partial charge is 0.306 e. The predicted molar refractivity (Wildman–Crippen MR) is 93.8 cm³/mol. The van der Waals surface area contributed by atoms with Gasteiger partial charge in [-0.1, -0.05) is 36.8 Å². The van der Waals surface area contributed by atoms with Crippen LogP contribution in [0.3, 0.4) is 0 Å². The molecule has 4 nitrogen and oxygen atoms in total. The van der Waals surface area contributed by atoms with Crippen LogP contribution in [-0.4, -0.2) is 21.9 Å². The van der Waals surface area contributed by atoms with E-state index in [1.807, 2.05) is 37.3 Å². The summed E-state index contributed by atoms with van der Waals surface area (Å²) in [4.78, 5) is 12.3. The van der Waals surface area contributed by atoms with E-state index < -0.39 is 0 Å². The molecule has 0 N–H and O–H groups in total. The van der Waals surface area contributed by atoms with Gasteiger partial charge in [0.05, 0.1) is 11.7 Å². The molecule has 2 atom stereocenters. The molecule has 0 amide bonds. The highest BCUT2D eigenvalue weighted by molar-refractivity contribution is 5.70. The Bertz CT molecular complexity index is 678. The van der Waals surface area contributed by atoms with Crippen LogP contribution in [0, 0.1) is 13.8 Å². The number of rotatable bonds is 5. The number of ether oxygens (including phenoxy) is 1. The minimum atomic E-state index is -0.0997. The topological polar surface area (TPSA) is 44.1 Å². The molecule has 1 aromatic heterocycles. The Balaban J connectivity index is 1.61.